The van der Waals surface area contributed by atoms with Crippen LogP contribution in [-0.4, -0.2) is 17.1 Å². The Morgan fingerprint density at radius 3 is 2.71 bits per heavy atom. The molecule has 0 bridgehead atoms. The van der Waals surface area contributed by atoms with Crippen LogP contribution in [0.4, 0.5) is 11.4 Å². The number of amides is 1. The Bertz CT molecular complexity index is 1310. The number of aryl methyl sites for hydroxylation is 1. The van der Waals surface area contributed by atoms with E-state index in [1.807, 2.05) is 36.1 Å². The number of benzene rings is 2. The smallest absolute Gasteiger partial charge is 0.272 e. The molecule has 140 valence electrons. The molecule has 3 aromatic rings. The number of carbonyl (C=O) groups is 1. The van der Waals surface area contributed by atoms with E-state index in [-0.39, 0.29) is 11.5 Å². The Kier molecular flexibility index (Phi) is 3.89. The highest BCUT2D eigenvalue weighted by molar-refractivity contribution is 7.07. The molecule has 28 heavy (non-hydrogen) atoms. The molecule has 0 fully saturated rings. The number of nitrogens with zero attached hydrogens (tertiary/aromatic N) is 3. The third kappa shape index (κ3) is 2.66. The number of hydrogen-bond donors (Lipinski definition) is 1. The summed E-state index contributed by atoms with van der Waals surface area (Å²) in [6.07, 6.45) is 0. The normalized spacial score (nSPS) is 17.1. The van der Waals surface area contributed by atoms with Crippen molar-refractivity contribution in [1.29, 1.82) is 0 Å². The Hall–Kier alpha value is -2.90. The molecule has 0 aliphatic carbocycles. The van der Waals surface area contributed by atoms with Gasteiger partial charge in [-0.05, 0) is 37.3 Å². The Morgan fingerprint density at radius 2 is 1.93 bits per heavy atom. The second-order valence-corrected chi connectivity index (χ2v) is 8.20. The number of nitrogens with one attached hydrogen (secondary N) is 1. The molecule has 1 aromatic heterocycles. The molecule has 2 aromatic carbocycles. The number of halogens is 1. The average molecular weight is 411 g/mol. The molecule has 8 heteroatoms. The first-order valence-corrected chi connectivity index (χ1v) is 9.92. The van der Waals surface area contributed by atoms with Crippen molar-refractivity contribution in [2.45, 2.75) is 13.6 Å². The molecule has 1 amide bonds. The second kappa shape index (κ2) is 6.32. The Labute approximate surface area is 169 Å². The minimum absolute atomic E-state index is 0.210. The fourth-order valence-corrected chi connectivity index (χ4v) is 4.67. The maximum Gasteiger partial charge on any atom is 0.272 e. The van der Waals surface area contributed by atoms with E-state index in [9.17, 15) is 9.59 Å². The van der Waals surface area contributed by atoms with Crippen molar-refractivity contribution >= 4 is 45.8 Å². The first-order valence-electron chi connectivity index (χ1n) is 8.72. The molecule has 3 heterocycles. The van der Waals surface area contributed by atoms with Crippen LogP contribution in [0.5, 0.6) is 0 Å². The lowest BCUT2D eigenvalue weighted by Crippen LogP contribution is -2.43. The molecule has 0 atom stereocenters. The SMILES string of the molecule is Cc1ccc(N2CN=c3s/c(=C4\C(=O)Nc5ccc(Cl)cc54)c(=O)n3C2)cc1. The van der Waals surface area contributed by atoms with Crippen molar-refractivity contribution < 1.29 is 4.79 Å². The summed E-state index contributed by atoms with van der Waals surface area (Å²) in [6, 6.07) is 13.3. The van der Waals surface area contributed by atoms with E-state index in [0.29, 0.717) is 44.5 Å². The van der Waals surface area contributed by atoms with Gasteiger partial charge in [0.15, 0.2) is 4.80 Å². The van der Waals surface area contributed by atoms with Gasteiger partial charge in [0, 0.05) is 22.0 Å². The van der Waals surface area contributed by atoms with Crippen molar-refractivity contribution in [2.75, 3.05) is 16.9 Å². The summed E-state index contributed by atoms with van der Waals surface area (Å²) >= 11 is 7.35. The topological polar surface area (TPSA) is 66.7 Å². The zero-order chi connectivity index (χ0) is 19.4. The van der Waals surface area contributed by atoms with Crippen molar-refractivity contribution in [1.82, 2.24) is 4.57 Å². The van der Waals surface area contributed by atoms with Gasteiger partial charge in [-0.3, -0.25) is 14.2 Å². The Balaban J connectivity index is 1.65. The zero-order valence-corrected chi connectivity index (χ0v) is 16.5. The van der Waals surface area contributed by atoms with Gasteiger partial charge in [-0.1, -0.05) is 40.6 Å². The molecular formula is C20H15ClN4O2S. The van der Waals surface area contributed by atoms with Gasteiger partial charge >= 0.3 is 0 Å². The van der Waals surface area contributed by atoms with Crippen LogP contribution < -0.4 is 25.1 Å². The van der Waals surface area contributed by atoms with Crippen molar-refractivity contribution in [3.63, 3.8) is 0 Å². The summed E-state index contributed by atoms with van der Waals surface area (Å²) in [5.74, 6) is -0.288. The van der Waals surface area contributed by atoms with Crippen molar-refractivity contribution in [3.8, 4) is 0 Å². The summed E-state index contributed by atoms with van der Waals surface area (Å²) in [4.78, 5) is 32.9. The number of fused-ring (bicyclic) bond motifs is 2. The quantitative estimate of drug-likeness (QED) is 0.668. The third-order valence-electron chi connectivity index (χ3n) is 4.90. The number of rotatable bonds is 1. The molecule has 0 unspecified atom stereocenters. The number of hydrogen-bond acceptors (Lipinski definition) is 5. The van der Waals surface area contributed by atoms with Gasteiger partial charge in [-0.15, -0.1) is 0 Å². The highest BCUT2D eigenvalue weighted by Crippen LogP contribution is 2.32. The summed E-state index contributed by atoms with van der Waals surface area (Å²) in [7, 11) is 0. The van der Waals surface area contributed by atoms with Crippen LogP contribution in [0.1, 0.15) is 11.1 Å². The summed E-state index contributed by atoms with van der Waals surface area (Å²) in [6.45, 7) is 2.90. The van der Waals surface area contributed by atoms with Gasteiger partial charge in [0.25, 0.3) is 11.5 Å². The van der Waals surface area contributed by atoms with E-state index in [0.717, 1.165) is 5.69 Å². The summed E-state index contributed by atoms with van der Waals surface area (Å²) in [5, 5.41) is 3.32. The van der Waals surface area contributed by atoms with E-state index in [1.54, 1.807) is 22.8 Å². The summed E-state index contributed by atoms with van der Waals surface area (Å²) < 4.78 is 2.01. The van der Waals surface area contributed by atoms with E-state index >= 15 is 0 Å². The number of anilines is 2. The molecule has 1 N–H and O–H groups in total. The minimum Gasteiger partial charge on any atom is -0.334 e. The number of carbonyl (C=O) groups excluding carboxylic acids is 1. The fraction of sp³-hybridized carbons (Fsp3) is 0.150. The fourth-order valence-electron chi connectivity index (χ4n) is 3.44. The molecular weight excluding hydrogens is 396 g/mol. The lowest BCUT2D eigenvalue weighted by Gasteiger charge is -2.25. The van der Waals surface area contributed by atoms with Crippen LogP contribution >= 0.6 is 22.9 Å². The molecule has 6 nitrogen and oxygen atoms in total. The summed E-state index contributed by atoms with van der Waals surface area (Å²) in [5.41, 5.74) is 3.66. The third-order valence-corrected chi connectivity index (χ3v) is 6.25. The molecule has 0 saturated heterocycles. The molecule has 0 radical (unpaired) electrons. The predicted molar refractivity (Wildman–Crippen MR) is 110 cm³/mol. The van der Waals surface area contributed by atoms with Crippen molar-refractivity contribution in [2.24, 2.45) is 4.99 Å². The van der Waals surface area contributed by atoms with Gasteiger partial charge in [0.05, 0.1) is 5.57 Å². The lowest BCUT2D eigenvalue weighted by atomic mass is 10.1. The average Bonchev–Trinajstić information content (AvgIpc) is 3.17. The van der Waals surface area contributed by atoms with E-state index in [2.05, 4.69) is 10.3 Å². The number of aromatic nitrogens is 1. The molecule has 0 saturated carbocycles. The molecule has 5 rings (SSSR count). The van der Waals surface area contributed by atoms with Crippen LogP contribution in [-0.2, 0) is 11.5 Å². The predicted octanol–water partition coefficient (Wildman–Crippen LogP) is 2.08. The van der Waals surface area contributed by atoms with Gasteiger partial charge in [0.2, 0.25) is 0 Å². The van der Waals surface area contributed by atoms with Gasteiger partial charge in [0.1, 0.15) is 17.9 Å². The van der Waals surface area contributed by atoms with Gasteiger partial charge < -0.3 is 10.2 Å². The molecule has 2 aliphatic heterocycles. The number of thiazole rings is 1. The highest BCUT2D eigenvalue weighted by atomic mass is 35.5. The zero-order valence-electron chi connectivity index (χ0n) is 14.9. The van der Waals surface area contributed by atoms with Gasteiger partial charge in [-0.25, -0.2) is 4.99 Å². The highest BCUT2D eigenvalue weighted by Gasteiger charge is 2.28. The first-order chi connectivity index (χ1) is 13.5. The van der Waals surface area contributed by atoms with E-state index in [4.69, 9.17) is 11.6 Å². The minimum atomic E-state index is -0.288. The second-order valence-electron chi connectivity index (χ2n) is 6.78. The largest absolute Gasteiger partial charge is 0.334 e. The monoisotopic (exact) mass is 410 g/mol. The Morgan fingerprint density at radius 1 is 1.14 bits per heavy atom. The van der Waals surface area contributed by atoms with Gasteiger partial charge in [-0.2, -0.15) is 0 Å². The van der Waals surface area contributed by atoms with Crippen LogP contribution in [0, 0.1) is 6.92 Å². The van der Waals surface area contributed by atoms with E-state index < -0.39 is 0 Å². The van der Waals surface area contributed by atoms with E-state index in [1.165, 1.54) is 16.9 Å². The lowest BCUT2D eigenvalue weighted by molar-refractivity contribution is -0.110. The molecule has 0 spiro atoms. The first kappa shape index (κ1) is 17.2. The van der Waals surface area contributed by atoms with Crippen LogP contribution in [0.15, 0.2) is 52.3 Å². The van der Waals surface area contributed by atoms with Crippen LogP contribution in [0.3, 0.4) is 0 Å². The molecule has 2 aliphatic rings. The maximum absolute atomic E-state index is 13.1. The van der Waals surface area contributed by atoms with Crippen LogP contribution in [0.2, 0.25) is 5.02 Å². The van der Waals surface area contributed by atoms with Crippen molar-refractivity contribution in [3.05, 3.63) is 78.3 Å². The standard InChI is InChI=1S/C20H15ClN4O2S/c1-11-2-5-13(6-3-11)24-9-22-20-25(10-24)19(27)17(28-20)16-14-8-12(21)4-7-15(14)23-18(16)26/h2-8H,9-10H2,1H3,(H,23,26)/b17-16-. The van der Waals surface area contributed by atoms with Crippen LogP contribution in [0.25, 0.3) is 5.57 Å². The maximum atomic E-state index is 13.1.